The Kier molecular flexibility index (Phi) is 5.12. The van der Waals surface area contributed by atoms with Gasteiger partial charge in [-0.25, -0.2) is 0 Å². The number of nitrogens with one attached hydrogen (secondary N) is 1. The predicted octanol–water partition coefficient (Wildman–Crippen LogP) is 2.23. The first-order chi connectivity index (χ1) is 9.95. The number of hydrogen-bond donors (Lipinski definition) is 1. The Morgan fingerprint density at radius 2 is 2.05 bits per heavy atom. The Hall–Kier alpha value is -1.69. The van der Waals surface area contributed by atoms with Crippen molar-refractivity contribution in [3.63, 3.8) is 0 Å². The van der Waals surface area contributed by atoms with Gasteiger partial charge in [0.1, 0.15) is 0 Å². The van der Waals surface area contributed by atoms with Gasteiger partial charge in [0, 0.05) is 17.3 Å². The lowest BCUT2D eigenvalue weighted by Gasteiger charge is -2.12. The minimum atomic E-state index is -0.808. The normalized spacial score (nSPS) is 15.3. The zero-order valence-electron chi connectivity index (χ0n) is 12.2. The molecule has 21 heavy (non-hydrogen) atoms. The molecular weight excluding hydrogens is 290 g/mol. The van der Waals surface area contributed by atoms with E-state index in [2.05, 4.69) is 5.32 Å². The van der Waals surface area contributed by atoms with Crippen LogP contribution >= 0.6 is 11.3 Å². The monoisotopic (exact) mass is 309 g/mol. The average molecular weight is 309 g/mol. The lowest BCUT2D eigenvalue weighted by molar-refractivity contribution is -0.154. The van der Waals surface area contributed by atoms with Crippen LogP contribution in [0.15, 0.2) is 12.1 Å². The molecule has 1 heterocycles. The smallest absolute Gasteiger partial charge is 0.307 e. The van der Waals surface area contributed by atoms with Gasteiger partial charge < -0.3 is 10.1 Å². The first kappa shape index (κ1) is 15.7. The van der Waals surface area contributed by atoms with Gasteiger partial charge in [-0.05, 0) is 38.8 Å². The molecule has 114 valence electrons. The third kappa shape index (κ3) is 4.97. The SMILES string of the molecule is Cc1ccc(C(=O)CCC(=O)O[C@H](C)C(=O)NC2CC2)s1. The van der Waals surface area contributed by atoms with E-state index in [1.165, 1.54) is 11.3 Å². The molecule has 1 fully saturated rings. The van der Waals surface area contributed by atoms with Crippen LogP contribution in [0.25, 0.3) is 0 Å². The summed E-state index contributed by atoms with van der Waals surface area (Å²) >= 11 is 1.41. The van der Waals surface area contributed by atoms with Crippen LogP contribution in [0.1, 0.15) is 47.2 Å². The molecule has 2 rings (SSSR count). The van der Waals surface area contributed by atoms with Crippen LogP contribution in [0.5, 0.6) is 0 Å². The van der Waals surface area contributed by atoms with E-state index < -0.39 is 12.1 Å². The standard InChI is InChI=1S/C15H19NO4S/c1-9-3-7-13(21-9)12(17)6-8-14(18)20-10(2)15(19)16-11-4-5-11/h3,7,10-11H,4-6,8H2,1-2H3,(H,16,19)/t10-/m1/s1. The third-order valence-electron chi connectivity index (χ3n) is 3.17. The van der Waals surface area contributed by atoms with E-state index in [4.69, 9.17) is 4.74 Å². The summed E-state index contributed by atoms with van der Waals surface area (Å²) in [5.41, 5.74) is 0. The fourth-order valence-corrected chi connectivity index (χ4v) is 2.61. The van der Waals surface area contributed by atoms with E-state index in [1.807, 2.05) is 13.0 Å². The lowest BCUT2D eigenvalue weighted by atomic mass is 10.2. The molecule has 0 aromatic carbocycles. The highest BCUT2D eigenvalue weighted by Gasteiger charge is 2.27. The van der Waals surface area contributed by atoms with Crippen molar-refractivity contribution >= 4 is 29.0 Å². The van der Waals surface area contributed by atoms with E-state index >= 15 is 0 Å². The van der Waals surface area contributed by atoms with E-state index in [-0.39, 0.29) is 30.6 Å². The Balaban J connectivity index is 1.71. The number of hydrogen-bond acceptors (Lipinski definition) is 5. The number of rotatable bonds is 7. The van der Waals surface area contributed by atoms with Crippen molar-refractivity contribution in [1.29, 1.82) is 0 Å². The Morgan fingerprint density at radius 3 is 2.62 bits per heavy atom. The Bertz CT molecular complexity index is 548. The summed E-state index contributed by atoms with van der Waals surface area (Å²) < 4.78 is 5.03. The maximum absolute atomic E-state index is 11.9. The van der Waals surface area contributed by atoms with Crippen molar-refractivity contribution < 1.29 is 19.1 Å². The van der Waals surface area contributed by atoms with Crippen molar-refractivity contribution in [2.45, 2.75) is 51.7 Å². The number of thiophene rings is 1. The third-order valence-corrected chi connectivity index (χ3v) is 4.21. The molecule has 1 aromatic rings. The molecule has 0 bridgehead atoms. The maximum atomic E-state index is 11.9. The van der Waals surface area contributed by atoms with Gasteiger partial charge in [0.25, 0.3) is 5.91 Å². The fraction of sp³-hybridized carbons (Fsp3) is 0.533. The summed E-state index contributed by atoms with van der Waals surface area (Å²) in [6, 6.07) is 3.88. The van der Waals surface area contributed by atoms with Gasteiger partial charge in [-0.15, -0.1) is 11.3 Å². The van der Waals surface area contributed by atoms with Gasteiger partial charge in [0.15, 0.2) is 11.9 Å². The Morgan fingerprint density at radius 1 is 1.33 bits per heavy atom. The highest BCUT2D eigenvalue weighted by atomic mass is 32.1. The fourth-order valence-electron chi connectivity index (χ4n) is 1.78. The first-order valence-corrected chi connectivity index (χ1v) is 7.87. The second-order valence-electron chi connectivity index (χ2n) is 5.25. The van der Waals surface area contributed by atoms with E-state index in [0.29, 0.717) is 4.88 Å². The molecule has 6 heteroatoms. The zero-order chi connectivity index (χ0) is 15.4. The van der Waals surface area contributed by atoms with E-state index in [0.717, 1.165) is 17.7 Å². The van der Waals surface area contributed by atoms with Crippen LogP contribution < -0.4 is 5.32 Å². The summed E-state index contributed by atoms with van der Waals surface area (Å²) in [6.45, 7) is 3.47. The van der Waals surface area contributed by atoms with Crippen LogP contribution in [-0.4, -0.2) is 29.8 Å². The molecule has 0 aliphatic heterocycles. The highest BCUT2D eigenvalue weighted by Crippen LogP contribution is 2.19. The number of esters is 1. The number of ketones is 1. The largest absolute Gasteiger partial charge is 0.453 e. The van der Waals surface area contributed by atoms with Gasteiger partial charge in [-0.3, -0.25) is 14.4 Å². The summed E-state index contributed by atoms with van der Waals surface area (Å²) in [5.74, 6) is -0.860. The summed E-state index contributed by atoms with van der Waals surface area (Å²) in [6.07, 6.45) is 1.27. The topological polar surface area (TPSA) is 72.5 Å². The maximum Gasteiger partial charge on any atom is 0.307 e. The molecule has 1 atom stereocenters. The minimum Gasteiger partial charge on any atom is -0.453 e. The minimum absolute atomic E-state index is 0.00315. The molecule has 1 amide bonds. The number of carbonyl (C=O) groups is 3. The second kappa shape index (κ2) is 6.85. The van der Waals surface area contributed by atoms with Crippen molar-refractivity contribution in [2.24, 2.45) is 0 Å². The number of ether oxygens (including phenoxy) is 1. The highest BCUT2D eigenvalue weighted by molar-refractivity contribution is 7.14. The Labute approximate surface area is 127 Å². The van der Waals surface area contributed by atoms with Gasteiger partial charge in [0.05, 0.1) is 11.3 Å². The molecule has 1 saturated carbocycles. The number of amides is 1. The molecule has 0 unspecified atom stereocenters. The van der Waals surface area contributed by atoms with Crippen molar-refractivity contribution in [1.82, 2.24) is 5.32 Å². The second-order valence-corrected chi connectivity index (χ2v) is 6.54. The summed E-state index contributed by atoms with van der Waals surface area (Å²) in [4.78, 5) is 36.9. The van der Waals surface area contributed by atoms with E-state index in [1.54, 1.807) is 13.0 Å². The quantitative estimate of drug-likeness (QED) is 0.619. The molecule has 5 nitrogen and oxygen atoms in total. The molecule has 0 saturated heterocycles. The predicted molar refractivity (Wildman–Crippen MR) is 79.3 cm³/mol. The van der Waals surface area contributed by atoms with Crippen molar-refractivity contribution in [3.8, 4) is 0 Å². The molecular formula is C15H19NO4S. The number of carbonyl (C=O) groups excluding carboxylic acids is 3. The van der Waals surface area contributed by atoms with Gasteiger partial charge in [0.2, 0.25) is 0 Å². The summed E-state index contributed by atoms with van der Waals surface area (Å²) in [5, 5.41) is 2.77. The van der Waals surface area contributed by atoms with Gasteiger partial charge in [-0.2, -0.15) is 0 Å². The van der Waals surface area contributed by atoms with Crippen LogP contribution in [0.4, 0.5) is 0 Å². The average Bonchev–Trinajstić information content (AvgIpc) is 3.14. The lowest BCUT2D eigenvalue weighted by Crippen LogP contribution is -2.37. The number of aryl methyl sites for hydroxylation is 1. The van der Waals surface area contributed by atoms with E-state index in [9.17, 15) is 14.4 Å². The molecule has 1 aromatic heterocycles. The van der Waals surface area contributed by atoms with Crippen molar-refractivity contribution in [3.05, 3.63) is 21.9 Å². The number of Topliss-reactive ketones (excluding diaryl/α,β-unsaturated/α-hetero) is 1. The molecule has 1 aliphatic carbocycles. The first-order valence-electron chi connectivity index (χ1n) is 7.05. The summed E-state index contributed by atoms with van der Waals surface area (Å²) in [7, 11) is 0. The van der Waals surface area contributed by atoms with Crippen molar-refractivity contribution in [2.75, 3.05) is 0 Å². The molecule has 1 aliphatic rings. The molecule has 1 N–H and O–H groups in total. The zero-order valence-corrected chi connectivity index (χ0v) is 13.0. The van der Waals surface area contributed by atoms with Crippen LogP contribution in [-0.2, 0) is 14.3 Å². The molecule has 0 radical (unpaired) electrons. The van der Waals surface area contributed by atoms with Crippen LogP contribution in [0.3, 0.4) is 0 Å². The van der Waals surface area contributed by atoms with Crippen LogP contribution in [0.2, 0.25) is 0 Å². The van der Waals surface area contributed by atoms with Gasteiger partial charge >= 0.3 is 5.97 Å². The van der Waals surface area contributed by atoms with Gasteiger partial charge in [-0.1, -0.05) is 0 Å². The molecule has 0 spiro atoms. The van der Waals surface area contributed by atoms with Crippen LogP contribution in [0, 0.1) is 6.92 Å².